The summed E-state index contributed by atoms with van der Waals surface area (Å²) in [7, 11) is 0. The van der Waals surface area contributed by atoms with Gasteiger partial charge in [-0.2, -0.15) is 0 Å². The lowest BCUT2D eigenvalue weighted by molar-refractivity contribution is -0.118. The van der Waals surface area contributed by atoms with Crippen molar-refractivity contribution in [3.63, 3.8) is 0 Å². The van der Waals surface area contributed by atoms with Gasteiger partial charge in [0, 0.05) is 9.77 Å². The standard InChI is InChI=1S/C15H15IN2O2/c1-10-4-3-5-13(11(10)2)20-9-15(19)18-14-7-6-12(16)8-17-14/h3-8H,9H2,1-2H3,(H,17,18,19). The summed E-state index contributed by atoms with van der Waals surface area (Å²) < 4.78 is 6.55. The molecule has 0 aliphatic carbocycles. The number of rotatable bonds is 4. The molecule has 2 rings (SSSR count). The van der Waals surface area contributed by atoms with Gasteiger partial charge >= 0.3 is 0 Å². The number of amides is 1. The number of aromatic nitrogens is 1. The number of benzene rings is 1. The second-order valence-corrected chi connectivity index (χ2v) is 5.64. The molecular weight excluding hydrogens is 367 g/mol. The van der Waals surface area contributed by atoms with Gasteiger partial charge in [0.2, 0.25) is 0 Å². The van der Waals surface area contributed by atoms with Crippen molar-refractivity contribution < 1.29 is 9.53 Å². The highest BCUT2D eigenvalue weighted by atomic mass is 127. The number of ether oxygens (including phenoxy) is 1. The van der Waals surface area contributed by atoms with Crippen molar-refractivity contribution >= 4 is 34.3 Å². The minimum atomic E-state index is -0.223. The number of hydrogen-bond acceptors (Lipinski definition) is 3. The third kappa shape index (κ3) is 3.93. The van der Waals surface area contributed by atoms with Crippen LogP contribution < -0.4 is 10.1 Å². The van der Waals surface area contributed by atoms with Gasteiger partial charge in [-0.3, -0.25) is 4.79 Å². The molecule has 1 amide bonds. The van der Waals surface area contributed by atoms with Gasteiger partial charge in [-0.05, 0) is 65.8 Å². The van der Waals surface area contributed by atoms with E-state index in [1.54, 1.807) is 12.3 Å². The predicted octanol–water partition coefficient (Wildman–Crippen LogP) is 3.32. The van der Waals surface area contributed by atoms with Crippen molar-refractivity contribution in [1.82, 2.24) is 4.98 Å². The number of nitrogens with zero attached hydrogens (tertiary/aromatic N) is 1. The summed E-state index contributed by atoms with van der Waals surface area (Å²) in [6.45, 7) is 3.96. The number of nitrogens with one attached hydrogen (secondary N) is 1. The number of carbonyl (C=O) groups excluding carboxylic acids is 1. The molecule has 0 aliphatic heterocycles. The third-order valence-electron chi connectivity index (χ3n) is 2.91. The fraction of sp³-hybridized carbons (Fsp3) is 0.200. The van der Waals surface area contributed by atoms with E-state index in [0.717, 1.165) is 20.4 Å². The fourth-order valence-corrected chi connectivity index (χ4v) is 1.97. The average molecular weight is 382 g/mol. The lowest BCUT2D eigenvalue weighted by Crippen LogP contribution is -2.21. The Balaban J connectivity index is 1.92. The Morgan fingerprint density at radius 3 is 2.80 bits per heavy atom. The molecule has 1 aromatic carbocycles. The fourth-order valence-electron chi connectivity index (χ4n) is 1.65. The Hall–Kier alpha value is -1.63. The van der Waals surface area contributed by atoms with Crippen molar-refractivity contribution in [2.45, 2.75) is 13.8 Å². The van der Waals surface area contributed by atoms with Crippen LogP contribution in [0.25, 0.3) is 0 Å². The van der Waals surface area contributed by atoms with Gasteiger partial charge in [0.25, 0.3) is 5.91 Å². The van der Waals surface area contributed by atoms with E-state index in [0.29, 0.717) is 5.82 Å². The Morgan fingerprint density at radius 1 is 1.30 bits per heavy atom. The molecule has 0 atom stereocenters. The summed E-state index contributed by atoms with van der Waals surface area (Å²) in [5.41, 5.74) is 2.19. The first-order valence-electron chi connectivity index (χ1n) is 6.16. The first-order chi connectivity index (χ1) is 9.56. The van der Waals surface area contributed by atoms with Crippen LogP contribution in [-0.4, -0.2) is 17.5 Å². The minimum absolute atomic E-state index is 0.0298. The van der Waals surface area contributed by atoms with E-state index < -0.39 is 0 Å². The maximum absolute atomic E-state index is 11.8. The molecule has 0 saturated carbocycles. The molecule has 0 unspecified atom stereocenters. The molecule has 0 radical (unpaired) electrons. The lowest BCUT2D eigenvalue weighted by atomic mass is 10.1. The van der Waals surface area contributed by atoms with E-state index in [9.17, 15) is 4.79 Å². The van der Waals surface area contributed by atoms with Crippen molar-refractivity contribution in [3.8, 4) is 5.75 Å². The van der Waals surface area contributed by atoms with Gasteiger partial charge in [-0.1, -0.05) is 12.1 Å². The summed E-state index contributed by atoms with van der Waals surface area (Å²) in [5, 5.41) is 2.70. The van der Waals surface area contributed by atoms with Gasteiger partial charge in [0.1, 0.15) is 11.6 Å². The normalized spacial score (nSPS) is 10.2. The lowest BCUT2D eigenvalue weighted by Gasteiger charge is -2.10. The van der Waals surface area contributed by atoms with Gasteiger partial charge < -0.3 is 10.1 Å². The summed E-state index contributed by atoms with van der Waals surface area (Å²) in [6.07, 6.45) is 1.70. The van der Waals surface area contributed by atoms with Crippen LogP contribution in [0, 0.1) is 17.4 Å². The molecular formula is C15H15IN2O2. The Bertz CT molecular complexity index is 612. The van der Waals surface area contributed by atoms with Gasteiger partial charge in [0.05, 0.1) is 0 Å². The second kappa shape index (κ2) is 6.69. The molecule has 0 bridgehead atoms. The highest BCUT2D eigenvalue weighted by Gasteiger charge is 2.07. The van der Waals surface area contributed by atoms with Crippen molar-refractivity contribution in [2.75, 3.05) is 11.9 Å². The average Bonchev–Trinajstić information content (AvgIpc) is 2.43. The van der Waals surface area contributed by atoms with Gasteiger partial charge in [0.15, 0.2) is 6.61 Å². The van der Waals surface area contributed by atoms with E-state index >= 15 is 0 Å². The molecule has 0 fully saturated rings. The first kappa shape index (κ1) is 14.8. The van der Waals surface area contributed by atoms with Crippen molar-refractivity contribution in [2.24, 2.45) is 0 Å². The Labute approximate surface area is 131 Å². The van der Waals surface area contributed by atoms with Crippen LogP contribution in [0.4, 0.5) is 5.82 Å². The highest BCUT2D eigenvalue weighted by Crippen LogP contribution is 2.20. The van der Waals surface area contributed by atoms with Gasteiger partial charge in [-0.15, -0.1) is 0 Å². The zero-order chi connectivity index (χ0) is 14.5. The molecule has 0 saturated heterocycles. The van der Waals surface area contributed by atoms with E-state index in [4.69, 9.17) is 4.74 Å². The largest absolute Gasteiger partial charge is 0.483 e. The maximum Gasteiger partial charge on any atom is 0.263 e. The van der Waals surface area contributed by atoms with E-state index in [1.807, 2.05) is 38.1 Å². The zero-order valence-corrected chi connectivity index (χ0v) is 13.5. The third-order valence-corrected chi connectivity index (χ3v) is 3.55. The number of halogens is 1. The number of carbonyl (C=O) groups is 1. The minimum Gasteiger partial charge on any atom is -0.483 e. The van der Waals surface area contributed by atoms with E-state index in [1.165, 1.54) is 0 Å². The molecule has 1 heterocycles. The van der Waals surface area contributed by atoms with Crippen LogP contribution in [0.1, 0.15) is 11.1 Å². The molecule has 0 spiro atoms. The van der Waals surface area contributed by atoms with E-state index in [2.05, 4.69) is 32.9 Å². The van der Waals surface area contributed by atoms with Crippen LogP contribution in [-0.2, 0) is 4.79 Å². The molecule has 20 heavy (non-hydrogen) atoms. The first-order valence-corrected chi connectivity index (χ1v) is 7.24. The van der Waals surface area contributed by atoms with Crippen LogP contribution in [0.2, 0.25) is 0 Å². The highest BCUT2D eigenvalue weighted by molar-refractivity contribution is 14.1. The van der Waals surface area contributed by atoms with Crippen LogP contribution in [0.15, 0.2) is 36.5 Å². The number of pyridine rings is 1. The van der Waals surface area contributed by atoms with Crippen LogP contribution in [0.5, 0.6) is 5.75 Å². The summed E-state index contributed by atoms with van der Waals surface area (Å²) >= 11 is 2.16. The number of hydrogen-bond donors (Lipinski definition) is 1. The molecule has 1 aromatic heterocycles. The second-order valence-electron chi connectivity index (χ2n) is 4.40. The number of aryl methyl sites for hydroxylation is 1. The van der Waals surface area contributed by atoms with Crippen molar-refractivity contribution in [1.29, 1.82) is 0 Å². The molecule has 104 valence electrons. The summed E-state index contributed by atoms with van der Waals surface area (Å²) in [6, 6.07) is 9.43. The Morgan fingerprint density at radius 2 is 2.10 bits per heavy atom. The molecule has 2 aromatic rings. The van der Waals surface area contributed by atoms with E-state index in [-0.39, 0.29) is 12.5 Å². The zero-order valence-electron chi connectivity index (χ0n) is 11.3. The molecule has 4 nitrogen and oxygen atoms in total. The number of anilines is 1. The predicted molar refractivity (Wildman–Crippen MR) is 87.0 cm³/mol. The van der Waals surface area contributed by atoms with Crippen LogP contribution >= 0.6 is 22.6 Å². The maximum atomic E-state index is 11.8. The SMILES string of the molecule is Cc1cccc(OCC(=O)Nc2ccc(I)cn2)c1C. The van der Waals surface area contributed by atoms with Crippen molar-refractivity contribution in [3.05, 3.63) is 51.2 Å². The molecule has 0 aliphatic rings. The topological polar surface area (TPSA) is 51.2 Å². The quantitative estimate of drug-likeness (QED) is 0.826. The summed E-state index contributed by atoms with van der Waals surface area (Å²) in [4.78, 5) is 15.9. The smallest absolute Gasteiger partial charge is 0.263 e. The summed E-state index contributed by atoms with van der Waals surface area (Å²) in [5.74, 6) is 1.04. The Kier molecular flexibility index (Phi) is 4.94. The molecule has 1 N–H and O–H groups in total. The van der Waals surface area contributed by atoms with Crippen LogP contribution in [0.3, 0.4) is 0 Å². The monoisotopic (exact) mass is 382 g/mol. The van der Waals surface area contributed by atoms with Gasteiger partial charge in [-0.25, -0.2) is 4.98 Å². The molecule has 5 heteroatoms.